The molecule has 2 heterocycles. The number of rotatable bonds is 8. The van der Waals surface area contributed by atoms with Gasteiger partial charge in [0.1, 0.15) is 4.88 Å². The van der Waals surface area contributed by atoms with Gasteiger partial charge in [-0.15, -0.1) is 11.3 Å². The molecule has 0 fully saturated rings. The van der Waals surface area contributed by atoms with Crippen LogP contribution in [0.1, 0.15) is 44.8 Å². The van der Waals surface area contributed by atoms with Gasteiger partial charge in [-0.3, -0.25) is 9.59 Å². The minimum absolute atomic E-state index is 0.00711. The fourth-order valence-electron chi connectivity index (χ4n) is 4.01. The number of anilines is 1. The molecule has 11 heteroatoms. The van der Waals surface area contributed by atoms with Crippen LogP contribution in [0.5, 0.6) is 11.5 Å². The zero-order valence-corrected chi connectivity index (χ0v) is 22.8. The van der Waals surface area contributed by atoms with E-state index >= 15 is 0 Å². The van der Waals surface area contributed by atoms with Crippen LogP contribution in [0, 0.1) is 19.7 Å². The average molecular weight is 543 g/mol. The average Bonchev–Trinajstić information content (AvgIpc) is 3.23. The molecule has 1 aliphatic rings. The number of thiazole rings is 1. The number of amides is 2. The number of halogens is 1. The third-order valence-corrected chi connectivity index (χ3v) is 8.09. The van der Waals surface area contributed by atoms with Crippen LogP contribution >= 0.6 is 23.1 Å². The Morgan fingerprint density at radius 2 is 1.81 bits per heavy atom. The highest BCUT2D eigenvalue weighted by atomic mass is 32.2. The molecule has 37 heavy (non-hydrogen) atoms. The van der Waals surface area contributed by atoms with Crippen molar-refractivity contribution in [3.8, 4) is 11.5 Å². The molecule has 3 aromatic rings. The van der Waals surface area contributed by atoms with E-state index in [9.17, 15) is 14.0 Å². The number of ether oxygens (including phenoxy) is 2. The zero-order valence-electron chi connectivity index (χ0n) is 21.1. The highest BCUT2D eigenvalue weighted by Crippen LogP contribution is 2.38. The first-order valence-corrected chi connectivity index (χ1v) is 13.3. The Balaban J connectivity index is 1.56. The SMILES string of the molecule is CCC1SC(=O)N(Cc2ccc(NC(=O)c3sc(C)nc3C)cc2)N=C1c1ccc(F)c(OC)c1OC. The molecule has 194 valence electrons. The van der Waals surface area contributed by atoms with Crippen LogP contribution in [-0.4, -0.2) is 46.3 Å². The van der Waals surface area contributed by atoms with Crippen LogP contribution in [0.25, 0.3) is 0 Å². The summed E-state index contributed by atoms with van der Waals surface area (Å²) in [5.74, 6) is -0.517. The van der Waals surface area contributed by atoms with E-state index in [1.165, 1.54) is 48.4 Å². The first-order valence-electron chi connectivity index (χ1n) is 11.6. The Morgan fingerprint density at radius 1 is 1.11 bits per heavy atom. The van der Waals surface area contributed by atoms with E-state index in [-0.39, 0.29) is 34.4 Å². The number of methoxy groups -OCH3 is 2. The normalized spacial score (nSPS) is 15.4. The van der Waals surface area contributed by atoms with E-state index in [4.69, 9.17) is 9.47 Å². The van der Waals surface area contributed by atoms with Crippen LogP contribution in [0.3, 0.4) is 0 Å². The third kappa shape index (κ3) is 5.62. The van der Waals surface area contributed by atoms with E-state index in [1.54, 1.807) is 18.2 Å². The van der Waals surface area contributed by atoms with Crippen molar-refractivity contribution in [3.63, 3.8) is 0 Å². The van der Waals surface area contributed by atoms with Crippen LogP contribution in [-0.2, 0) is 6.54 Å². The topological polar surface area (TPSA) is 93.1 Å². The van der Waals surface area contributed by atoms with Crippen molar-refractivity contribution in [2.45, 2.75) is 39.0 Å². The molecule has 1 aliphatic heterocycles. The molecular formula is C26H27FN4O4S2. The van der Waals surface area contributed by atoms with Crippen molar-refractivity contribution in [1.29, 1.82) is 0 Å². The number of thioether (sulfide) groups is 1. The molecule has 0 saturated heterocycles. The van der Waals surface area contributed by atoms with Gasteiger partial charge >= 0.3 is 5.24 Å². The van der Waals surface area contributed by atoms with E-state index in [0.717, 1.165) is 10.6 Å². The van der Waals surface area contributed by atoms with E-state index < -0.39 is 5.82 Å². The summed E-state index contributed by atoms with van der Waals surface area (Å²) in [6, 6.07) is 10.1. The van der Waals surface area contributed by atoms with Crippen LogP contribution in [0.15, 0.2) is 41.5 Å². The predicted molar refractivity (Wildman–Crippen MR) is 145 cm³/mol. The van der Waals surface area contributed by atoms with Gasteiger partial charge in [0.15, 0.2) is 17.3 Å². The summed E-state index contributed by atoms with van der Waals surface area (Å²) >= 11 is 2.52. The van der Waals surface area contributed by atoms with Gasteiger partial charge in [0.25, 0.3) is 5.91 Å². The zero-order chi connectivity index (χ0) is 26.7. The number of nitrogens with one attached hydrogen (secondary N) is 1. The fraction of sp³-hybridized carbons (Fsp3) is 0.308. The Hall–Kier alpha value is -3.44. The van der Waals surface area contributed by atoms with Gasteiger partial charge in [0.05, 0.1) is 42.4 Å². The van der Waals surface area contributed by atoms with Gasteiger partial charge in [-0.05, 0) is 50.1 Å². The maximum atomic E-state index is 14.3. The van der Waals surface area contributed by atoms with Gasteiger partial charge in [0.2, 0.25) is 0 Å². The Labute approximate surface area is 222 Å². The molecule has 0 spiro atoms. The molecule has 0 radical (unpaired) electrons. The van der Waals surface area contributed by atoms with Crippen molar-refractivity contribution in [2.75, 3.05) is 19.5 Å². The second-order valence-corrected chi connectivity index (χ2v) is 10.6. The van der Waals surface area contributed by atoms with Crippen molar-refractivity contribution in [2.24, 2.45) is 5.10 Å². The monoisotopic (exact) mass is 542 g/mol. The summed E-state index contributed by atoms with van der Waals surface area (Å²) in [6.45, 7) is 5.87. The number of aromatic nitrogens is 1. The van der Waals surface area contributed by atoms with E-state index in [1.807, 2.05) is 32.9 Å². The minimum Gasteiger partial charge on any atom is -0.492 e. The lowest BCUT2D eigenvalue weighted by molar-refractivity contribution is 0.102. The lowest BCUT2D eigenvalue weighted by Crippen LogP contribution is -2.35. The smallest absolute Gasteiger partial charge is 0.302 e. The first kappa shape index (κ1) is 26.6. The van der Waals surface area contributed by atoms with Gasteiger partial charge in [-0.25, -0.2) is 14.4 Å². The standard InChI is InChI=1S/C26H27FN4O4S2/c1-6-20-21(18-11-12-19(27)23(35-5)22(18)34-4)30-31(26(33)37-20)13-16-7-9-17(10-8-16)29-25(32)24-14(2)28-15(3)36-24/h7-12,20H,6,13H2,1-5H3,(H,29,32). The van der Waals surface area contributed by atoms with Gasteiger partial charge in [0, 0.05) is 11.3 Å². The number of nitrogens with zero attached hydrogens (tertiary/aromatic N) is 3. The quantitative estimate of drug-likeness (QED) is 0.374. The number of hydrazone groups is 1. The summed E-state index contributed by atoms with van der Waals surface area (Å²) in [6.07, 6.45) is 0.652. The molecule has 2 amide bonds. The van der Waals surface area contributed by atoms with Crippen molar-refractivity contribution < 1.29 is 23.5 Å². The number of carbonyl (C=O) groups is 2. The second-order valence-electron chi connectivity index (χ2n) is 8.28. The number of benzene rings is 2. The van der Waals surface area contributed by atoms with E-state index in [0.29, 0.717) is 34.0 Å². The largest absolute Gasteiger partial charge is 0.492 e. The van der Waals surface area contributed by atoms with Crippen molar-refractivity contribution in [1.82, 2.24) is 9.99 Å². The first-order chi connectivity index (χ1) is 17.7. The predicted octanol–water partition coefficient (Wildman–Crippen LogP) is 6.02. The Kier molecular flexibility index (Phi) is 8.13. The summed E-state index contributed by atoms with van der Waals surface area (Å²) in [4.78, 5) is 30.3. The van der Waals surface area contributed by atoms with Gasteiger partial charge in [-0.1, -0.05) is 30.8 Å². The Morgan fingerprint density at radius 3 is 2.41 bits per heavy atom. The number of aryl methyl sites for hydroxylation is 2. The summed E-state index contributed by atoms with van der Waals surface area (Å²) < 4.78 is 24.9. The van der Waals surface area contributed by atoms with Crippen LogP contribution < -0.4 is 14.8 Å². The lowest BCUT2D eigenvalue weighted by Gasteiger charge is -2.29. The highest BCUT2D eigenvalue weighted by Gasteiger charge is 2.33. The van der Waals surface area contributed by atoms with Gasteiger partial charge in [-0.2, -0.15) is 5.10 Å². The van der Waals surface area contributed by atoms with E-state index in [2.05, 4.69) is 15.4 Å². The molecule has 1 aromatic heterocycles. The van der Waals surface area contributed by atoms with Crippen LogP contribution in [0.2, 0.25) is 0 Å². The third-order valence-electron chi connectivity index (χ3n) is 5.76. The van der Waals surface area contributed by atoms with Crippen molar-refractivity contribution >= 4 is 45.6 Å². The van der Waals surface area contributed by atoms with Crippen LogP contribution in [0.4, 0.5) is 14.9 Å². The molecule has 1 N–H and O–H groups in total. The lowest BCUT2D eigenvalue weighted by atomic mass is 10.0. The second kappa shape index (κ2) is 11.3. The molecule has 1 unspecified atom stereocenters. The number of carbonyl (C=O) groups excluding carboxylic acids is 2. The molecular weight excluding hydrogens is 515 g/mol. The van der Waals surface area contributed by atoms with Gasteiger partial charge < -0.3 is 14.8 Å². The summed E-state index contributed by atoms with van der Waals surface area (Å²) in [7, 11) is 2.82. The minimum atomic E-state index is -0.541. The number of hydrogen-bond acceptors (Lipinski definition) is 8. The number of hydrogen-bond donors (Lipinski definition) is 1. The maximum absolute atomic E-state index is 14.3. The maximum Gasteiger partial charge on any atom is 0.302 e. The fourth-order valence-corrected chi connectivity index (χ4v) is 5.74. The Bertz CT molecular complexity index is 1360. The molecule has 2 aromatic carbocycles. The molecule has 4 rings (SSSR count). The van der Waals surface area contributed by atoms with Crippen molar-refractivity contribution in [3.05, 3.63) is 68.9 Å². The molecule has 1 atom stereocenters. The molecule has 0 bridgehead atoms. The molecule has 0 aliphatic carbocycles. The molecule has 8 nitrogen and oxygen atoms in total. The highest BCUT2D eigenvalue weighted by molar-refractivity contribution is 8.14. The summed E-state index contributed by atoms with van der Waals surface area (Å²) in [5, 5.41) is 9.37. The summed E-state index contributed by atoms with van der Waals surface area (Å²) in [5.41, 5.74) is 3.35. The molecule has 0 saturated carbocycles.